The molecule has 67 heavy (non-hydrogen) atoms. The van der Waals surface area contributed by atoms with Crippen molar-refractivity contribution >= 4 is 0 Å². The van der Waals surface area contributed by atoms with Gasteiger partial charge in [0.25, 0.3) is 0 Å². The predicted molar refractivity (Wildman–Crippen MR) is 199 cm³/mol. The van der Waals surface area contributed by atoms with Crippen LogP contribution in [0.2, 0.25) is 0 Å². The number of hydrogen-bond acceptors (Lipinski definition) is 31. The van der Waals surface area contributed by atoms with Crippen molar-refractivity contribution in [2.45, 2.75) is 184 Å². The highest BCUT2D eigenvalue weighted by atomic mass is 16.8. The maximum atomic E-state index is 11.6. The Labute approximate surface area is 378 Å². The highest BCUT2D eigenvalue weighted by Crippen LogP contribution is 2.37. The molecule has 0 aromatic rings. The molecule has 0 bridgehead atoms. The normalized spacial score (nSPS) is 53.4. The van der Waals surface area contributed by atoms with E-state index in [1.165, 1.54) is 0 Å². The summed E-state index contributed by atoms with van der Waals surface area (Å²) in [5.74, 6) is 0. The number of hydrogen-bond donors (Lipinski definition) is 20. The van der Waals surface area contributed by atoms with E-state index in [0.717, 1.165) is 0 Å². The fraction of sp³-hybridized carbons (Fsp3) is 1.00. The molecule has 6 saturated heterocycles. The van der Waals surface area contributed by atoms with Crippen LogP contribution in [0.5, 0.6) is 0 Å². The molecule has 0 aliphatic carbocycles. The standard InChI is InChI=1S/C36H62O31/c37-1-7-14(44)20(50)29(31(56)57-7)66-36-30(21(51)15(45)9(3-39)62-36)67-35-25(55)28(18(48)12(6-42)61-35)65-34-24(54)27(17(47)11(5-41)60-34)64-33-23(53)26(16(46)10(4-40)59-33)63-32-22(52)19(49)13(43)8(2-38)58-32/h7-56H,1-6H2/t7-,8-,9-,10-,11-,12-,13-,14-,15-,16-,17-,18-,19+,20+,21+,22+,23+,24+,25+,26+,27+,28+,29+,30+,31+,32-,33-,34-,35-,36-/m1/s1. The molecule has 6 rings (SSSR count). The molecule has 392 valence electrons. The van der Waals surface area contributed by atoms with Crippen molar-refractivity contribution < 1.29 is 154 Å². The van der Waals surface area contributed by atoms with E-state index >= 15 is 0 Å². The number of ether oxygens (including phenoxy) is 11. The maximum absolute atomic E-state index is 11.6. The van der Waals surface area contributed by atoms with Crippen LogP contribution in [0.1, 0.15) is 0 Å². The van der Waals surface area contributed by atoms with Gasteiger partial charge in [-0.05, 0) is 0 Å². The summed E-state index contributed by atoms with van der Waals surface area (Å²) in [6, 6.07) is 0. The Morgan fingerprint density at radius 2 is 0.478 bits per heavy atom. The first-order chi connectivity index (χ1) is 31.8. The Kier molecular flexibility index (Phi) is 19.4. The zero-order valence-electron chi connectivity index (χ0n) is 35.0. The fourth-order valence-corrected chi connectivity index (χ4v) is 8.46. The van der Waals surface area contributed by atoms with Crippen LogP contribution >= 0.6 is 0 Å². The molecule has 6 aliphatic rings. The van der Waals surface area contributed by atoms with Crippen LogP contribution < -0.4 is 0 Å². The van der Waals surface area contributed by atoms with Crippen LogP contribution in [0.25, 0.3) is 0 Å². The molecule has 31 heteroatoms. The van der Waals surface area contributed by atoms with Crippen LogP contribution in [0.3, 0.4) is 0 Å². The summed E-state index contributed by atoms with van der Waals surface area (Å²) in [4.78, 5) is 0. The van der Waals surface area contributed by atoms with Crippen LogP contribution in [0.4, 0.5) is 0 Å². The predicted octanol–water partition coefficient (Wildman–Crippen LogP) is -14.1. The van der Waals surface area contributed by atoms with E-state index in [-0.39, 0.29) is 0 Å². The van der Waals surface area contributed by atoms with Crippen molar-refractivity contribution in [3.05, 3.63) is 0 Å². The lowest BCUT2D eigenvalue weighted by Crippen LogP contribution is -2.68. The van der Waals surface area contributed by atoms with E-state index in [9.17, 15) is 102 Å². The molecule has 0 amide bonds. The molecule has 6 fully saturated rings. The summed E-state index contributed by atoms with van der Waals surface area (Å²) >= 11 is 0. The van der Waals surface area contributed by atoms with Crippen molar-refractivity contribution in [2.24, 2.45) is 0 Å². The van der Waals surface area contributed by atoms with E-state index in [2.05, 4.69) is 0 Å². The van der Waals surface area contributed by atoms with Crippen LogP contribution in [0.15, 0.2) is 0 Å². The molecular formula is C36H62O31. The SMILES string of the molecule is OC[C@H]1O[C@H](O[C@@H]2[C@H](O)[C@@H](O[C@@H]3[C@H](O)[C@@H](O[C@@H]4[C@H](O)[C@@H](O[C@@H]5[C@@H](O[C@H]6[C@@H](O)[C@H](O)[C@@H](CO)O[C@@H]6O)O[C@H](CO)[C@@H](O)[C@@H]5O)O[C@H](CO)[C@H]4O)O[C@H](CO)[C@H]3O)O[C@H](CO)[C@H]2O)[C@@H](O)[C@@H](O)[C@@H]1O. The quantitative estimate of drug-likeness (QED) is 0.0683. The summed E-state index contributed by atoms with van der Waals surface area (Å²) in [5.41, 5.74) is 0. The molecular weight excluding hydrogens is 928 g/mol. The van der Waals surface area contributed by atoms with E-state index in [1.807, 2.05) is 0 Å². The van der Waals surface area contributed by atoms with Crippen molar-refractivity contribution in [3.8, 4) is 0 Å². The molecule has 20 N–H and O–H groups in total. The Balaban J connectivity index is 1.20. The van der Waals surface area contributed by atoms with Crippen molar-refractivity contribution in [1.82, 2.24) is 0 Å². The average molecular weight is 991 g/mol. The monoisotopic (exact) mass is 990 g/mol. The number of rotatable bonds is 16. The third kappa shape index (κ3) is 11.2. The first-order valence-electron chi connectivity index (χ1n) is 21.1. The van der Waals surface area contributed by atoms with Crippen molar-refractivity contribution in [1.29, 1.82) is 0 Å². The molecule has 0 radical (unpaired) electrons. The maximum Gasteiger partial charge on any atom is 0.187 e. The summed E-state index contributed by atoms with van der Waals surface area (Å²) in [6.07, 6.45) is -58.8. The molecule has 0 aromatic carbocycles. The van der Waals surface area contributed by atoms with Crippen molar-refractivity contribution in [2.75, 3.05) is 39.6 Å². The molecule has 6 aliphatic heterocycles. The lowest BCUT2D eigenvalue weighted by molar-refractivity contribution is -0.404. The van der Waals surface area contributed by atoms with Gasteiger partial charge in [-0.15, -0.1) is 0 Å². The Morgan fingerprint density at radius 3 is 0.836 bits per heavy atom. The molecule has 31 nitrogen and oxygen atoms in total. The second kappa shape index (κ2) is 23.5. The van der Waals surface area contributed by atoms with Gasteiger partial charge >= 0.3 is 0 Å². The molecule has 30 atom stereocenters. The van der Waals surface area contributed by atoms with Gasteiger partial charge in [0.2, 0.25) is 0 Å². The van der Waals surface area contributed by atoms with Gasteiger partial charge in [-0.3, -0.25) is 0 Å². The zero-order chi connectivity index (χ0) is 49.3. The zero-order valence-corrected chi connectivity index (χ0v) is 35.0. The lowest BCUT2D eigenvalue weighted by Gasteiger charge is -2.50. The minimum absolute atomic E-state index is 0.845. The average Bonchev–Trinajstić information content (AvgIpc) is 3.31. The first-order valence-corrected chi connectivity index (χ1v) is 21.1. The fourth-order valence-electron chi connectivity index (χ4n) is 8.46. The number of aliphatic hydroxyl groups excluding tert-OH is 20. The van der Waals surface area contributed by atoms with Gasteiger partial charge in [-0.2, -0.15) is 0 Å². The van der Waals surface area contributed by atoms with Crippen LogP contribution in [-0.2, 0) is 52.1 Å². The van der Waals surface area contributed by atoms with Gasteiger partial charge in [-0.1, -0.05) is 0 Å². The second-order valence-corrected chi connectivity index (χ2v) is 16.8. The minimum atomic E-state index is -2.27. The number of aliphatic hydroxyl groups is 20. The van der Waals surface area contributed by atoms with E-state index < -0.39 is 224 Å². The summed E-state index contributed by atoms with van der Waals surface area (Å²) in [7, 11) is 0. The molecule has 0 saturated carbocycles. The Hall–Kier alpha value is -1.24. The minimum Gasteiger partial charge on any atom is -0.394 e. The van der Waals surface area contributed by atoms with E-state index in [1.54, 1.807) is 0 Å². The molecule has 6 heterocycles. The lowest BCUT2D eigenvalue weighted by atomic mass is 9.95. The Bertz CT molecular complexity index is 1510. The second-order valence-electron chi connectivity index (χ2n) is 16.8. The Morgan fingerprint density at radius 1 is 0.224 bits per heavy atom. The van der Waals surface area contributed by atoms with Gasteiger partial charge in [0.15, 0.2) is 37.7 Å². The largest absolute Gasteiger partial charge is 0.394 e. The van der Waals surface area contributed by atoms with Crippen molar-refractivity contribution in [3.63, 3.8) is 0 Å². The molecule has 0 unspecified atom stereocenters. The summed E-state index contributed by atoms with van der Waals surface area (Å²) in [6.45, 7) is -5.76. The van der Waals surface area contributed by atoms with Crippen LogP contribution in [0, 0.1) is 0 Å². The smallest absolute Gasteiger partial charge is 0.187 e. The molecule has 0 aromatic heterocycles. The summed E-state index contributed by atoms with van der Waals surface area (Å²) in [5, 5.41) is 211. The van der Waals surface area contributed by atoms with Crippen LogP contribution in [-0.4, -0.2) is 326 Å². The van der Waals surface area contributed by atoms with Gasteiger partial charge in [-0.25, -0.2) is 0 Å². The third-order valence-corrected chi connectivity index (χ3v) is 12.4. The van der Waals surface area contributed by atoms with Gasteiger partial charge in [0.05, 0.1) is 39.6 Å². The van der Waals surface area contributed by atoms with E-state index in [0.29, 0.717) is 0 Å². The first kappa shape index (κ1) is 55.1. The topological polar surface area (TPSA) is 506 Å². The van der Waals surface area contributed by atoms with E-state index in [4.69, 9.17) is 52.1 Å². The highest BCUT2D eigenvalue weighted by Gasteiger charge is 2.58. The highest BCUT2D eigenvalue weighted by molar-refractivity contribution is 5.00. The van der Waals surface area contributed by atoms with Gasteiger partial charge in [0, 0.05) is 0 Å². The molecule has 0 spiro atoms. The van der Waals surface area contributed by atoms with Gasteiger partial charge in [0.1, 0.15) is 146 Å². The van der Waals surface area contributed by atoms with Gasteiger partial charge < -0.3 is 154 Å². The third-order valence-electron chi connectivity index (χ3n) is 12.4. The summed E-state index contributed by atoms with van der Waals surface area (Å²) < 4.78 is 60.8.